The molecule has 0 saturated carbocycles. The van der Waals surface area contributed by atoms with Crippen LogP contribution in [-0.2, 0) is 65.4 Å². The molecular formula is C76H148O17P2. The van der Waals surface area contributed by atoms with Gasteiger partial charge in [-0.15, -0.1) is 0 Å². The van der Waals surface area contributed by atoms with Crippen molar-refractivity contribution in [2.45, 2.75) is 407 Å². The fourth-order valence-electron chi connectivity index (χ4n) is 11.6. The quantitative estimate of drug-likeness (QED) is 0.0222. The highest BCUT2D eigenvalue weighted by Crippen LogP contribution is 2.45. The lowest BCUT2D eigenvalue weighted by atomic mass is 9.99. The number of carbonyl (C=O) groups excluding carboxylic acids is 4. The van der Waals surface area contributed by atoms with E-state index < -0.39 is 97.5 Å². The minimum Gasteiger partial charge on any atom is -0.462 e. The van der Waals surface area contributed by atoms with E-state index in [1.807, 2.05) is 0 Å². The third-order valence-corrected chi connectivity index (χ3v) is 19.9. The summed E-state index contributed by atoms with van der Waals surface area (Å²) in [6.07, 6.45) is 52.5. The molecule has 0 heterocycles. The lowest BCUT2D eigenvalue weighted by Crippen LogP contribution is -2.30. The molecule has 0 amide bonds. The molecule has 0 saturated heterocycles. The Labute approximate surface area is 581 Å². The highest BCUT2D eigenvalue weighted by atomic mass is 31.2. The van der Waals surface area contributed by atoms with Crippen LogP contribution in [0.4, 0.5) is 0 Å². The first-order valence-corrected chi connectivity index (χ1v) is 42.4. The molecule has 0 aromatic carbocycles. The van der Waals surface area contributed by atoms with Gasteiger partial charge in [-0.1, -0.05) is 337 Å². The molecule has 19 heteroatoms. The van der Waals surface area contributed by atoms with E-state index >= 15 is 0 Å². The molecule has 6 atom stereocenters. The van der Waals surface area contributed by atoms with Crippen LogP contribution in [0, 0.1) is 17.8 Å². The molecule has 0 radical (unpaired) electrons. The van der Waals surface area contributed by atoms with Crippen molar-refractivity contribution in [3.05, 3.63) is 0 Å². The van der Waals surface area contributed by atoms with E-state index in [9.17, 15) is 43.2 Å². The van der Waals surface area contributed by atoms with Crippen molar-refractivity contribution < 1.29 is 80.2 Å². The van der Waals surface area contributed by atoms with Gasteiger partial charge in [0.05, 0.1) is 26.4 Å². The Bertz CT molecular complexity index is 1850. The number of aliphatic hydroxyl groups is 1. The van der Waals surface area contributed by atoms with Crippen molar-refractivity contribution in [2.75, 3.05) is 39.6 Å². The Morgan fingerprint density at radius 3 is 0.800 bits per heavy atom. The topological polar surface area (TPSA) is 237 Å². The summed E-state index contributed by atoms with van der Waals surface area (Å²) in [5, 5.41) is 10.6. The maximum absolute atomic E-state index is 13.1. The van der Waals surface area contributed by atoms with E-state index in [0.29, 0.717) is 25.7 Å². The molecule has 564 valence electrons. The first-order chi connectivity index (χ1) is 45.8. The number of phosphoric acid groups is 2. The Morgan fingerprint density at radius 1 is 0.305 bits per heavy atom. The summed E-state index contributed by atoms with van der Waals surface area (Å²) in [4.78, 5) is 72.9. The predicted octanol–water partition coefficient (Wildman–Crippen LogP) is 22.2. The molecule has 17 nitrogen and oxygen atoms in total. The van der Waals surface area contributed by atoms with Crippen molar-refractivity contribution in [1.29, 1.82) is 0 Å². The molecule has 3 unspecified atom stereocenters. The van der Waals surface area contributed by atoms with Crippen LogP contribution >= 0.6 is 15.6 Å². The molecule has 0 aliphatic heterocycles. The summed E-state index contributed by atoms with van der Waals surface area (Å²) in [5.74, 6) is 0.224. The number of aliphatic hydroxyl groups excluding tert-OH is 1. The fraction of sp³-hybridized carbons (Fsp3) is 0.947. The highest BCUT2D eigenvalue weighted by Gasteiger charge is 2.30. The number of hydrogen-bond acceptors (Lipinski definition) is 15. The standard InChI is InChI=1S/C76H148O17P2/c1-8-10-11-12-13-14-15-17-21-30-38-45-52-59-75(80)93-72(64-87-74(79)58-51-44-37-32-25-27-34-41-48-55-68(5)6)66-91-95(84,85)89-62-70(77)61-88-94(82,83)90-65-71(63-86-73(78)57-50-43-36-29-24-23-28-35-42-49-56-69(7)9-2)92-76(81)60-53-46-39-31-22-19-16-18-20-26-33-40-47-54-67(3)4/h67-72,77H,8-66H2,1-7H3,(H,82,83)(H,84,85)/t69?,70-,71-,72-/m1/s1. The average molecular weight is 1400 g/mol. The number of unbranched alkanes of at least 4 members (excludes halogenated alkanes) is 41. The first-order valence-electron chi connectivity index (χ1n) is 39.4. The van der Waals surface area contributed by atoms with Gasteiger partial charge in [0.15, 0.2) is 12.2 Å². The van der Waals surface area contributed by atoms with Gasteiger partial charge in [0.2, 0.25) is 0 Å². The van der Waals surface area contributed by atoms with Crippen molar-refractivity contribution in [3.8, 4) is 0 Å². The van der Waals surface area contributed by atoms with E-state index in [4.69, 9.17) is 37.0 Å². The molecular weight excluding hydrogens is 1250 g/mol. The molecule has 0 bridgehead atoms. The highest BCUT2D eigenvalue weighted by molar-refractivity contribution is 7.47. The molecule has 0 aromatic heterocycles. The van der Waals surface area contributed by atoms with Crippen LogP contribution in [0.5, 0.6) is 0 Å². The molecule has 0 rings (SSSR count). The fourth-order valence-corrected chi connectivity index (χ4v) is 13.1. The van der Waals surface area contributed by atoms with E-state index in [1.165, 1.54) is 199 Å². The predicted molar refractivity (Wildman–Crippen MR) is 386 cm³/mol. The summed E-state index contributed by atoms with van der Waals surface area (Å²) >= 11 is 0. The lowest BCUT2D eigenvalue weighted by Gasteiger charge is -2.21. The Kier molecular flexibility index (Phi) is 65.2. The molecule has 0 aliphatic rings. The largest absolute Gasteiger partial charge is 0.472 e. The number of hydrogen-bond donors (Lipinski definition) is 3. The van der Waals surface area contributed by atoms with Crippen LogP contribution in [0.15, 0.2) is 0 Å². The third-order valence-electron chi connectivity index (χ3n) is 18.0. The molecule has 0 fully saturated rings. The summed E-state index contributed by atoms with van der Waals surface area (Å²) < 4.78 is 68.6. The number of phosphoric ester groups is 2. The number of rotatable bonds is 74. The Balaban J connectivity index is 5.27. The maximum Gasteiger partial charge on any atom is 0.472 e. The maximum atomic E-state index is 13.1. The third kappa shape index (κ3) is 69.0. The van der Waals surface area contributed by atoms with Gasteiger partial charge >= 0.3 is 39.5 Å². The van der Waals surface area contributed by atoms with Crippen molar-refractivity contribution in [1.82, 2.24) is 0 Å². The summed E-state index contributed by atoms with van der Waals surface area (Å²) in [6, 6.07) is 0. The van der Waals surface area contributed by atoms with Crippen LogP contribution in [0.3, 0.4) is 0 Å². The number of carbonyl (C=O) groups is 4. The SMILES string of the molecule is CCCCCCCCCCCCCCCC(=O)O[C@H](COC(=O)CCCCCCCCCCCC(C)C)COP(=O)(O)OC[C@H](O)COP(=O)(O)OC[C@@H](COC(=O)CCCCCCCCCCCCC(C)CC)OC(=O)CCCCCCCCCCCCCCCC(C)C. The Hall–Kier alpha value is -1.94. The van der Waals surface area contributed by atoms with Crippen molar-refractivity contribution >= 4 is 39.5 Å². The second kappa shape index (κ2) is 66.6. The van der Waals surface area contributed by atoms with Gasteiger partial charge in [0.25, 0.3) is 0 Å². The molecule has 3 N–H and O–H groups in total. The van der Waals surface area contributed by atoms with Gasteiger partial charge in [-0.3, -0.25) is 37.3 Å². The van der Waals surface area contributed by atoms with Crippen LogP contribution in [-0.4, -0.2) is 96.7 Å². The minimum atomic E-state index is -4.96. The molecule has 95 heavy (non-hydrogen) atoms. The zero-order chi connectivity index (χ0) is 70.1. The zero-order valence-corrected chi connectivity index (χ0v) is 63.9. The second-order valence-corrected chi connectivity index (χ2v) is 31.5. The van der Waals surface area contributed by atoms with E-state index in [1.54, 1.807) is 0 Å². The van der Waals surface area contributed by atoms with Gasteiger partial charge in [0.1, 0.15) is 19.3 Å². The molecule has 0 aliphatic carbocycles. The first kappa shape index (κ1) is 93.1. The lowest BCUT2D eigenvalue weighted by molar-refractivity contribution is -0.161. The summed E-state index contributed by atoms with van der Waals surface area (Å²) in [6.45, 7) is 11.9. The van der Waals surface area contributed by atoms with E-state index in [-0.39, 0.29) is 25.7 Å². The van der Waals surface area contributed by atoms with Gasteiger partial charge in [0, 0.05) is 25.7 Å². The zero-order valence-electron chi connectivity index (χ0n) is 62.1. The number of esters is 4. The Morgan fingerprint density at radius 2 is 0.537 bits per heavy atom. The van der Waals surface area contributed by atoms with Gasteiger partial charge in [-0.25, -0.2) is 9.13 Å². The van der Waals surface area contributed by atoms with E-state index in [0.717, 1.165) is 108 Å². The van der Waals surface area contributed by atoms with Crippen molar-refractivity contribution in [2.24, 2.45) is 17.8 Å². The van der Waals surface area contributed by atoms with Crippen molar-refractivity contribution in [3.63, 3.8) is 0 Å². The second-order valence-electron chi connectivity index (χ2n) is 28.6. The monoisotopic (exact) mass is 1400 g/mol. The van der Waals surface area contributed by atoms with Gasteiger partial charge in [-0.05, 0) is 43.4 Å². The van der Waals surface area contributed by atoms with Crippen LogP contribution in [0.2, 0.25) is 0 Å². The summed E-state index contributed by atoms with van der Waals surface area (Å²) in [7, 11) is -9.91. The van der Waals surface area contributed by atoms with Crippen LogP contribution < -0.4 is 0 Å². The van der Waals surface area contributed by atoms with Gasteiger partial charge in [-0.2, -0.15) is 0 Å². The average Bonchev–Trinajstić information content (AvgIpc) is 1.90. The van der Waals surface area contributed by atoms with Crippen LogP contribution in [0.25, 0.3) is 0 Å². The number of ether oxygens (including phenoxy) is 4. The molecule has 0 spiro atoms. The molecule has 0 aromatic rings. The minimum absolute atomic E-state index is 0.107. The van der Waals surface area contributed by atoms with Crippen LogP contribution in [0.1, 0.15) is 389 Å². The summed E-state index contributed by atoms with van der Waals surface area (Å²) in [5.41, 5.74) is 0. The normalized spacial score (nSPS) is 14.4. The smallest absolute Gasteiger partial charge is 0.462 e. The van der Waals surface area contributed by atoms with Gasteiger partial charge < -0.3 is 33.8 Å². The van der Waals surface area contributed by atoms with E-state index in [2.05, 4.69) is 48.5 Å².